The number of allylic oxidation sites excluding steroid dienone is 3. The Balaban J connectivity index is 3.79. The van der Waals surface area contributed by atoms with Gasteiger partial charge < -0.3 is 10.4 Å². The van der Waals surface area contributed by atoms with Crippen molar-refractivity contribution in [3.05, 3.63) is 24.3 Å². The first-order valence-electron chi connectivity index (χ1n) is 6.39. The molecule has 0 aliphatic carbocycles. The smallest absolute Gasteiger partial charge is 0.303 e. The van der Waals surface area contributed by atoms with Crippen molar-refractivity contribution in [2.45, 2.75) is 39.5 Å². The van der Waals surface area contributed by atoms with Crippen LogP contribution in [0.2, 0.25) is 0 Å². The van der Waals surface area contributed by atoms with E-state index >= 15 is 0 Å². The van der Waals surface area contributed by atoms with Gasteiger partial charge in [0.1, 0.15) is 0 Å². The topological polar surface area (TPSA) is 66.4 Å². The molecular weight excluding hydrogens is 230 g/mol. The second-order valence-corrected chi connectivity index (χ2v) is 4.17. The van der Waals surface area contributed by atoms with Crippen LogP contribution in [0.3, 0.4) is 0 Å². The highest BCUT2D eigenvalue weighted by atomic mass is 16.4. The molecular formula is C14H23NO3. The summed E-state index contributed by atoms with van der Waals surface area (Å²) in [5.74, 6) is -0.506. The van der Waals surface area contributed by atoms with Crippen LogP contribution in [0.25, 0.3) is 0 Å². The van der Waals surface area contributed by atoms with E-state index in [0.717, 1.165) is 12.8 Å². The molecule has 18 heavy (non-hydrogen) atoms. The molecule has 4 heteroatoms. The van der Waals surface area contributed by atoms with Crippen LogP contribution >= 0.6 is 0 Å². The van der Waals surface area contributed by atoms with Crippen LogP contribution in [-0.4, -0.2) is 23.5 Å². The van der Waals surface area contributed by atoms with Crippen LogP contribution < -0.4 is 5.32 Å². The molecule has 0 bridgehead atoms. The SMILES string of the molecule is C/C=C/C=C/C(=O)NCCC(CC)CCC(=O)O. The summed E-state index contributed by atoms with van der Waals surface area (Å²) >= 11 is 0. The van der Waals surface area contributed by atoms with E-state index in [0.29, 0.717) is 18.9 Å². The summed E-state index contributed by atoms with van der Waals surface area (Å²) in [5, 5.41) is 11.4. The zero-order valence-electron chi connectivity index (χ0n) is 11.2. The van der Waals surface area contributed by atoms with Crippen molar-refractivity contribution in [3.8, 4) is 0 Å². The molecule has 102 valence electrons. The fraction of sp³-hybridized carbons (Fsp3) is 0.571. The molecule has 0 aromatic rings. The second kappa shape index (κ2) is 10.6. The molecule has 0 heterocycles. The van der Waals surface area contributed by atoms with E-state index in [9.17, 15) is 9.59 Å². The standard InChI is InChI=1S/C14H23NO3/c1-3-5-6-7-13(16)15-11-10-12(4-2)8-9-14(17)18/h3,5-7,12H,4,8-11H2,1-2H3,(H,15,16)(H,17,18)/b5-3+,7-6+. The third-order valence-electron chi connectivity index (χ3n) is 2.75. The number of amides is 1. The van der Waals surface area contributed by atoms with Gasteiger partial charge in [-0.15, -0.1) is 0 Å². The van der Waals surface area contributed by atoms with Crippen LogP contribution in [-0.2, 0) is 9.59 Å². The van der Waals surface area contributed by atoms with E-state index in [1.54, 1.807) is 12.2 Å². The van der Waals surface area contributed by atoms with Gasteiger partial charge >= 0.3 is 5.97 Å². The largest absolute Gasteiger partial charge is 0.481 e. The Kier molecular flexibility index (Phi) is 9.64. The number of carboxylic acid groups (broad SMARTS) is 1. The van der Waals surface area contributed by atoms with Gasteiger partial charge in [-0.25, -0.2) is 0 Å². The molecule has 0 saturated carbocycles. The lowest BCUT2D eigenvalue weighted by Crippen LogP contribution is -2.24. The number of rotatable bonds is 9. The monoisotopic (exact) mass is 253 g/mol. The van der Waals surface area contributed by atoms with Crippen molar-refractivity contribution >= 4 is 11.9 Å². The molecule has 0 rings (SSSR count). The summed E-state index contributed by atoms with van der Waals surface area (Å²) < 4.78 is 0. The zero-order chi connectivity index (χ0) is 13.8. The molecule has 0 aromatic carbocycles. The Morgan fingerprint density at radius 1 is 1.28 bits per heavy atom. The van der Waals surface area contributed by atoms with Crippen LogP contribution in [0, 0.1) is 5.92 Å². The summed E-state index contributed by atoms with van der Waals surface area (Å²) in [6.07, 6.45) is 9.47. The van der Waals surface area contributed by atoms with Gasteiger partial charge in [0.2, 0.25) is 5.91 Å². The number of hydrogen-bond acceptors (Lipinski definition) is 2. The highest BCUT2D eigenvalue weighted by Crippen LogP contribution is 2.14. The molecule has 0 radical (unpaired) electrons. The van der Waals surface area contributed by atoms with E-state index in [1.165, 1.54) is 6.08 Å². The summed E-state index contributed by atoms with van der Waals surface area (Å²) in [6.45, 7) is 4.52. The maximum Gasteiger partial charge on any atom is 0.303 e. The number of carboxylic acids is 1. The first-order chi connectivity index (χ1) is 8.60. The van der Waals surface area contributed by atoms with Gasteiger partial charge in [0.05, 0.1) is 0 Å². The fourth-order valence-corrected chi connectivity index (χ4v) is 1.59. The molecule has 0 spiro atoms. The molecule has 0 fully saturated rings. The zero-order valence-corrected chi connectivity index (χ0v) is 11.2. The van der Waals surface area contributed by atoms with E-state index in [1.807, 2.05) is 19.9 Å². The number of carbonyl (C=O) groups excluding carboxylic acids is 1. The minimum absolute atomic E-state index is 0.110. The molecule has 0 aliphatic rings. The quantitative estimate of drug-likeness (QED) is 0.490. The lowest BCUT2D eigenvalue weighted by Gasteiger charge is -2.13. The average Bonchev–Trinajstić information content (AvgIpc) is 2.33. The predicted molar refractivity (Wildman–Crippen MR) is 72.2 cm³/mol. The van der Waals surface area contributed by atoms with Gasteiger partial charge in [-0.1, -0.05) is 31.6 Å². The minimum atomic E-state index is -0.758. The number of nitrogens with one attached hydrogen (secondary N) is 1. The van der Waals surface area contributed by atoms with Gasteiger partial charge in [0.15, 0.2) is 0 Å². The number of carbonyl (C=O) groups is 2. The van der Waals surface area contributed by atoms with Crippen molar-refractivity contribution in [3.63, 3.8) is 0 Å². The van der Waals surface area contributed by atoms with Crippen LogP contribution in [0.15, 0.2) is 24.3 Å². The van der Waals surface area contributed by atoms with E-state index in [4.69, 9.17) is 5.11 Å². The highest BCUT2D eigenvalue weighted by molar-refractivity contribution is 5.87. The maximum atomic E-state index is 11.3. The molecule has 0 aromatic heterocycles. The third kappa shape index (κ3) is 9.63. The van der Waals surface area contributed by atoms with Crippen molar-refractivity contribution in [2.24, 2.45) is 5.92 Å². The first-order valence-corrected chi connectivity index (χ1v) is 6.39. The predicted octanol–water partition coefficient (Wildman–Crippen LogP) is 2.52. The maximum absolute atomic E-state index is 11.3. The second-order valence-electron chi connectivity index (χ2n) is 4.17. The van der Waals surface area contributed by atoms with E-state index < -0.39 is 5.97 Å². The Bertz CT molecular complexity index is 308. The highest BCUT2D eigenvalue weighted by Gasteiger charge is 2.08. The first kappa shape index (κ1) is 16.4. The molecule has 1 atom stereocenters. The molecule has 2 N–H and O–H groups in total. The molecule has 0 saturated heterocycles. The van der Waals surface area contributed by atoms with Gasteiger partial charge in [-0.3, -0.25) is 9.59 Å². The number of hydrogen-bond donors (Lipinski definition) is 2. The summed E-state index contributed by atoms with van der Waals surface area (Å²) in [5.41, 5.74) is 0. The molecule has 1 amide bonds. The van der Waals surface area contributed by atoms with Crippen LogP contribution in [0.4, 0.5) is 0 Å². The minimum Gasteiger partial charge on any atom is -0.481 e. The molecule has 4 nitrogen and oxygen atoms in total. The summed E-state index contributed by atoms with van der Waals surface area (Å²) in [6, 6.07) is 0. The number of aliphatic carboxylic acids is 1. The summed E-state index contributed by atoms with van der Waals surface area (Å²) in [4.78, 5) is 21.8. The van der Waals surface area contributed by atoms with Gasteiger partial charge in [-0.05, 0) is 25.7 Å². The van der Waals surface area contributed by atoms with Crippen molar-refractivity contribution in [2.75, 3.05) is 6.54 Å². The lowest BCUT2D eigenvalue weighted by molar-refractivity contribution is -0.137. The Morgan fingerprint density at radius 3 is 2.56 bits per heavy atom. The fourth-order valence-electron chi connectivity index (χ4n) is 1.59. The van der Waals surface area contributed by atoms with Crippen LogP contribution in [0.1, 0.15) is 39.5 Å². The van der Waals surface area contributed by atoms with Gasteiger partial charge in [0, 0.05) is 19.0 Å². The van der Waals surface area contributed by atoms with Crippen molar-refractivity contribution in [1.29, 1.82) is 0 Å². The Labute approximate surface area is 109 Å². The average molecular weight is 253 g/mol. The van der Waals surface area contributed by atoms with Crippen LogP contribution in [0.5, 0.6) is 0 Å². The third-order valence-corrected chi connectivity index (χ3v) is 2.75. The molecule has 1 unspecified atom stereocenters. The summed E-state index contributed by atoms with van der Waals surface area (Å²) in [7, 11) is 0. The Morgan fingerprint density at radius 2 is 2.00 bits per heavy atom. The van der Waals surface area contributed by atoms with E-state index in [-0.39, 0.29) is 12.3 Å². The van der Waals surface area contributed by atoms with Crippen molar-refractivity contribution < 1.29 is 14.7 Å². The van der Waals surface area contributed by atoms with Gasteiger partial charge in [-0.2, -0.15) is 0 Å². The van der Waals surface area contributed by atoms with Crippen molar-refractivity contribution in [1.82, 2.24) is 5.32 Å². The van der Waals surface area contributed by atoms with Gasteiger partial charge in [0.25, 0.3) is 0 Å². The van der Waals surface area contributed by atoms with E-state index in [2.05, 4.69) is 5.32 Å². The lowest BCUT2D eigenvalue weighted by atomic mass is 9.97. The Hall–Kier alpha value is -1.58. The molecule has 0 aliphatic heterocycles. The normalized spacial score (nSPS) is 13.0.